The van der Waals surface area contributed by atoms with E-state index in [1.54, 1.807) is 12.4 Å². The number of aromatic amines is 2. The second-order valence-corrected chi connectivity index (χ2v) is 0.951. The van der Waals surface area contributed by atoms with E-state index in [2.05, 4.69) is 9.97 Å². The standard InChI is InChI=1S/C3H4N2O.HI/c6-3-4-1-2-5-3;/h1-2H,(H2,4,5,6);1H. The number of halogens is 1. The quantitative estimate of drug-likeness (QED) is 0.597. The van der Waals surface area contributed by atoms with Crippen LogP contribution in [0.25, 0.3) is 0 Å². The van der Waals surface area contributed by atoms with E-state index in [0.29, 0.717) is 0 Å². The summed E-state index contributed by atoms with van der Waals surface area (Å²) < 4.78 is 0. The SMILES string of the molecule is I.O=c1[nH]cc[nH]1. The Kier molecular flexibility index (Phi) is 2.73. The Labute approximate surface area is 57.2 Å². The Bertz CT molecular complexity index is 151. The van der Waals surface area contributed by atoms with Gasteiger partial charge in [-0.05, 0) is 0 Å². The molecule has 0 saturated heterocycles. The summed E-state index contributed by atoms with van der Waals surface area (Å²) in [5.41, 5.74) is -0.157. The van der Waals surface area contributed by atoms with Gasteiger partial charge in [0.15, 0.2) is 0 Å². The average Bonchev–Trinajstić information content (AvgIpc) is 1.86. The molecule has 0 aliphatic heterocycles. The van der Waals surface area contributed by atoms with Crippen molar-refractivity contribution in [2.75, 3.05) is 0 Å². The van der Waals surface area contributed by atoms with Crippen LogP contribution in [0.15, 0.2) is 17.2 Å². The molecule has 0 bridgehead atoms. The predicted octanol–water partition coefficient (Wildman–Crippen LogP) is 0.321. The van der Waals surface area contributed by atoms with Crippen molar-refractivity contribution in [3.05, 3.63) is 22.9 Å². The van der Waals surface area contributed by atoms with Gasteiger partial charge in [-0.2, -0.15) is 0 Å². The fourth-order valence-electron chi connectivity index (χ4n) is 0.276. The van der Waals surface area contributed by atoms with Crippen molar-refractivity contribution in [3.63, 3.8) is 0 Å². The normalized spacial score (nSPS) is 7.43. The highest BCUT2D eigenvalue weighted by molar-refractivity contribution is 14.0. The van der Waals surface area contributed by atoms with Crippen LogP contribution < -0.4 is 5.69 Å². The summed E-state index contributed by atoms with van der Waals surface area (Å²) in [7, 11) is 0. The fraction of sp³-hybridized carbons (Fsp3) is 0. The van der Waals surface area contributed by atoms with Crippen LogP contribution in [0.3, 0.4) is 0 Å². The van der Waals surface area contributed by atoms with E-state index in [4.69, 9.17) is 0 Å². The first kappa shape index (κ1) is 6.74. The number of rotatable bonds is 0. The second-order valence-electron chi connectivity index (χ2n) is 0.951. The molecule has 0 spiro atoms. The van der Waals surface area contributed by atoms with Crippen LogP contribution in [0, 0.1) is 0 Å². The van der Waals surface area contributed by atoms with Gasteiger partial charge in [0.25, 0.3) is 0 Å². The van der Waals surface area contributed by atoms with Crippen molar-refractivity contribution in [2.45, 2.75) is 0 Å². The number of hydrogen-bond donors (Lipinski definition) is 2. The minimum Gasteiger partial charge on any atom is -0.313 e. The van der Waals surface area contributed by atoms with Crippen molar-refractivity contribution in [3.8, 4) is 0 Å². The van der Waals surface area contributed by atoms with Crippen molar-refractivity contribution in [1.82, 2.24) is 9.97 Å². The maximum atomic E-state index is 9.96. The first-order valence-corrected chi connectivity index (χ1v) is 1.61. The number of aromatic nitrogens is 2. The molecule has 40 valence electrons. The minimum atomic E-state index is -0.157. The lowest BCUT2D eigenvalue weighted by atomic mass is 11.0. The molecule has 2 N–H and O–H groups in total. The predicted molar refractivity (Wildman–Crippen MR) is 36.8 cm³/mol. The molecule has 4 heteroatoms. The first-order chi connectivity index (χ1) is 2.89. The van der Waals surface area contributed by atoms with Gasteiger partial charge in [0, 0.05) is 12.4 Å². The Balaban J connectivity index is 0.000000360. The molecule has 0 fully saturated rings. The summed E-state index contributed by atoms with van der Waals surface area (Å²) in [6.45, 7) is 0. The van der Waals surface area contributed by atoms with E-state index >= 15 is 0 Å². The molecule has 1 rings (SSSR count). The van der Waals surface area contributed by atoms with Crippen molar-refractivity contribution in [2.24, 2.45) is 0 Å². The van der Waals surface area contributed by atoms with E-state index in [9.17, 15) is 4.79 Å². The zero-order valence-electron chi connectivity index (χ0n) is 3.47. The molecule has 0 saturated carbocycles. The molecule has 0 radical (unpaired) electrons. The topological polar surface area (TPSA) is 48.6 Å². The molecule has 1 aromatic heterocycles. The van der Waals surface area contributed by atoms with Crippen molar-refractivity contribution >= 4 is 24.0 Å². The first-order valence-electron chi connectivity index (χ1n) is 1.61. The van der Waals surface area contributed by atoms with Crippen LogP contribution >= 0.6 is 24.0 Å². The second kappa shape index (κ2) is 2.84. The van der Waals surface area contributed by atoms with E-state index in [1.165, 1.54) is 0 Å². The minimum absolute atomic E-state index is 0. The van der Waals surface area contributed by atoms with E-state index in [1.807, 2.05) is 0 Å². The molecule has 1 heterocycles. The van der Waals surface area contributed by atoms with Crippen LogP contribution in [0.1, 0.15) is 0 Å². The summed E-state index contributed by atoms with van der Waals surface area (Å²) in [4.78, 5) is 14.7. The number of nitrogens with one attached hydrogen (secondary N) is 2. The molecular formula is C3H5IN2O. The number of H-pyrrole nitrogens is 2. The molecule has 0 unspecified atom stereocenters. The lowest BCUT2D eigenvalue weighted by molar-refractivity contribution is 1.19. The van der Waals surface area contributed by atoms with Crippen LogP contribution in [0.5, 0.6) is 0 Å². The largest absolute Gasteiger partial charge is 0.322 e. The lowest BCUT2D eigenvalue weighted by Gasteiger charge is -1.52. The van der Waals surface area contributed by atoms with Gasteiger partial charge in [-0.25, -0.2) is 4.79 Å². The zero-order valence-corrected chi connectivity index (χ0v) is 5.80. The summed E-state index contributed by atoms with van der Waals surface area (Å²) in [5.74, 6) is 0. The number of imidazole rings is 1. The van der Waals surface area contributed by atoms with Crippen LogP contribution in [-0.4, -0.2) is 9.97 Å². The van der Waals surface area contributed by atoms with Crippen molar-refractivity contribution in [1.29, 1.82) is 0 Å². The maximum Gasteiger partial charge on any atom is 0.322 e. The van der Waals surface area contributed by atoms with Gasteiger partial charge in [-0.15, -0.1) is 24.0 Å². The molecule has 0 aliphatic rings. The van der Waals surface area contributed by atoms with E-state index in [-0.39, 0.29) is 29.7 Å². The molecule has 3 nitrogen and oxygen atoms in total. The third-order valence-electron chi connectivity index (χ3n) is 0.512. The molecule has 0 aliphatic carbocycles. The Morgan fingerprint density at radius 2 is 1.71 bits per heavy atom. The smallest absolute Gasteiger partial charge is 0.313 e. The molecule has 0 amide bonds. The van der Waals surface area contributed by atoms with Gasteiger partial charge in [0.05, 0.1) is 0 Å². The molecule has 1 aromatic rings. The maximum absolute atomic E-state index is 9.96. The number of hydrogen-bond acceptors (Lipinski definition) is 1. The van der Waals surface area contributed by atoms with Crippen molar-refractivity contribution < 1.29 is 0 Å². The van der Waals surface area contributed by atoms with Gasteiger partial charge < -0.3 is 9.97 Å². The van der Waals surface area contributed by atoms with Crippen LogP contribution in [0.2, 0.25) is 0 Å². The van der Waals surface area contributed by atoms with E-state index < -0.39 is 0 Å². The lowest BCUT2D eigenvalue weighted by Crippen LogP contribution is -1.98. The van der Waals surface area contributed by atoms with Gasteiger partial charge in [-0.3, -0.25) is 0 Å². The van der Waals surface area contributed by atoms with E-state index in [0.717, 1.165) is 0 Å². The Hall–Kier alpha value is -0.260. The third-order valence-corrected chi connectivity index (χ3v) is 0.512. The average molecular weight is 212 g/mol. The zero-order chi connectivity index (χ0) is 4.41. The summed E-state index contributed by atoms with van der Waals surface area (Å²) in [6.07, 6.45) is 3.09. The molecule has 7 heavy (non-hydrogen) atoms. The highest BCUT2D eigenvalue weighted by Crippen LogP contribution is 1.54. The fourth-order valence-corrected chi connectivity index (χ4v) is 0.276. The van der Waals surface area contributed by atoms with Gasteiger partial charge in [-0.1, -0.05) is 0 Å². The summed E-state index contributed by atoms with van der Waals surface area (Å²) >= 11 is 0. The highest BCUT2D eigenvalue weighted by Gasteiger charge is 1.69. The highest BCUT2D eigenvalue weighted by atomic mass is 127. The van der Waals surface area contributed by atoms with Crippen LogP contribution in [-0.2, 0) is 0 Å². The van der Waals surface area contributed by atoms with Crippen LogP contribution in [0.4, 0.5) is 0 Å². The summed E-state index contributed by atoms with van der Waals surface area (Å²) in [6, 6.07) is 0. The van der Waals surface area contributed by atoms with Gasteiger partial charge in [0.2, 0.25) is 0 Å². The van der Waals surface area contributed by atoms with Gasteiger partial charge >= 0.3 is 5.69 Å². The summed E-state index contributed by atoms with van der Waals surface area (Å²) in [5, 5.41) is 0. The molecular weight excluding hydrogens is 207 g/mol. The molecule has 0 atom stereocenters. The van der Waals surface area contributed by atoms with Gasteiger partial charge in [0.1, 0.15) is 0 Å². The Morgan fingerprint density at radius 3 is 1.86 bits per heavy atom. The molecule has 0 aromatic carbocycles. The Morgan fingerprint density at radius 1 is 1.29 bits per heavy atom. The third kappa shape index (κ3) is 1.77. The monoisotopic (exact) mass is 212 g/mol.